The van der Waals surface area contributed by atoms with Gasteiger partial charge in [-0.2, -0.15) is 0 Å². The second-order valence-corrected chi connectivity index (χ2v) is 6.53. The van der Waals surface area contributed by atoms with E-state index in [2.05, 4.69) is 5.32 Å². The van der Waals surface area contributed by atoms with Crippen LogP contribution < -0.4 is 5.32 Å². The van der Waals surface area contributed by atoms with Crippen molar-refractivity contribution in [3.8, 4) is 0 Å². The number of nitrogens with zero attached hydrogens (tertiary/aromatic N) is 1. The number of carboxylic acid groups (broad SMARTS) is 1. The number of benzene rings is 1. The summed E-state index contributed by atoms with van der Waals surface area (Å²) in [4.78, 5) is 37.2. The summed E-state index contributed by atoms with van der Waals surface area (Å²) in [6.45, 7) is 1.94. The minimum absolute atomic E-state index is 0.000231. The van der Waals surface area contributed by atoms with E-state index in [9.17, 15) is 14.4 Å². The fourth-order valence-electron chi connectivity index (χ4n) is 3.21. The molecule has 2 N–H and O–H groups in total. The largest absolute Gasteiger partial charge is 0.480 e. The van der Waals surface area contributed by atoms with Gasteiger partial charge in [-0.15, -0.1) is 0 Å². The summed E-state index contributed by atoms with van der Waals surface area (Å²) >= 11 is 0. The summed E-state index contributed by atoms with van der Waals surface area (Å²) in [5, 5.41) is 11.9. The second-order valence-electron chi connectivity index (χ2n) is 6.53. The highest BCUT2D eigenvalue weighted by Crippen LogP contribution is 2.25. The van der Waals surface area contributed by atoms with E-state index >= 15 is 0 Å². The highest BCUT2D eigenvalue weighted by Gasteiger charge is 2.22. The minimum atomic E-state index is -1.04. The Kier molecular flexibility index (Phi) is 6.98. The van der Waals surface area contributed by atoms with Gasteiger partial charge in [0.15, 0.2) is 0 Å². The average Bonchev–Trinajstić information content (AvgIpc) is 2.61. The van der Waals surface area contributed by atoms with Gasteiger partial charge < -0.3 is 15.3 Å². The molecule has 1 aromatic rings. The first-order valence-electron chi connectivity index (χ1n) is 8.93. The molecule has 6 heteroatoms. The molecular formula is C19H26N2O4. The Balaban J connectivity index is 2.07. The van der Waals surface area contributed by atoms with Crippen molar-refractivity contribution in [2.45, 2.75) is 45.4 Å². The molecule has 0 aliphatic heterocycles. The molecule has 2 amide bonds. The Morgan fingerprint density at radius 2 is 1.92 bits per heavy atom. The maximum atomic E-state index is 12.6. The van der Waals surface area contributed by atoms with Gasteiger partial charge in [-0.05, 0) is 37.5 Å². The van der Waals surface area contributed by atoms with Crippen LogP contribution in [0.15, 0.2) is 24.3 Å². The number of anilines is 1. The lowest BCUT2D eigenvalue weighted by molar-refractivity contribution is -0.137. The van der Waals surface area contributed by atoms with E-state index in [1.54, 1.807) is 24.3 Å². The number of aliphatic carboxylic acids is 1. The van der Waals surface area contributed by atoms with E-state index in [1.165, 1.54) is 11.3 Å². The quantitative estimate of drug-likeness (QED) is 0.794. The molecule has 0 heterocycles. The van der Waals surface area contributed by atoms with Crippen LogP contribution in [0, 0.1) is 5.92 Å². The van der Waals surface area contributed by atoms with Gasteiger partial charge in [-0.1, -0.05) is 32.3 Å². The maximum Gasteiger partial charge on any atom is 0.323 e. The van der Waals surface area contributed by atoms with Crippen LogP contribution in [-0.2, 0) is 9.59 Å². The van der Waals surface area contributed by atoms with Crippen molar-refractivity contribution < 1.29 is 19.5 Å². The second kappa shape index (κ2) is 9.20. The molecule has 136 valence electrons. The molecule has 0 radical (unpaired) electrons. The van der Waals surface area contributed by atoms with E-state index < -0.39 is 5.97 Å². The van der Waals surface area contributed by atoms with Gasteiger partial charge in [0.1, 0.15) is 6.54 Å². The van der Waals surface area contributed by atoms with Crippen molar-refractivity contribution in [1.82, 2.24) is 4.90 Å². The van der Waals surface area contributed by atoms with E-state index in [0.29, 0.717) is 24.2 Å². The van der Waals surface area contributed by atoms with Crippen molar-refractivity contribution in [3.63, 3.8) is 0 Å². The van der Waals surface area contributed by atoms with Crippen molar-refractivity contribution in [3.05, 3.63) is 29.8 Å². The first kappa shape index (κ1) is 19.0. The van der Waals surface area contributed by atoms with Gasteiger partial charge in [-0.3, -0.25) is 14.4 Å². The molecule has 2 rings (SSSR count). The third-order valence-electron chi connectivity index (χ3n) is 4.46. The van der Waals surface area contributed by atoms with Crippen molar-refractivity contribution in [2.75, 3.05) is 18.4 Å². The minimum Gasteiger partial charge on any atom is -0.480 e. The predicted octanol–water partition coefficient (Wildman–Crippen LogP) is 3.14. The van der Waals surface area contributed by atoms with Crippen LogP contribution in [0.2, 0.25) is 0 Å². The monoisotopic (exact) mass is 346 g/mol. The molecule has 1 aliphatic carbocycles. The summed E-state index contributed by atoms with van der Waals surface area (Å²) < 4.78 is 0. The van der Waals surface area contributed by atoms with Crippen LogP contribution in [0.25, 0.3) is 0 Å². The lowest BCUT2D eigenvalue weighted by atomic mass is 9.88. The third-order valence-corrected chi connectivity index (χ3v) is 4.46. The fraction of sp³-hybridized carbons (Fsp3) is 0.526. The zero-order valence-electron chi connectivity index (χ0n) is 14.7. The number of carbonyl (C=O) groups is 3. The number of amides is 2. The van der Waals surface area contributed by atoms with Gasteiger partial charge in [0.25, 0.3) is 5.91 Å². The van der Waals surface area contributed by atoms with Crippen LogP contribution in [0.5, 0.6) is 0 Å². The summed E-state index contributed by atoms with van der Waals surface area (Å²) in [6.07, 6.45) is 5.85. The standard InChI is InChI=1S/C19H26N2O4/c1-2-11-21(13-17(22)23)19(25)15-9-6-10-16(12-15)20-18(24)14-7-4-3-5-8-14/h6,9-10,12,14H,2-5,7-8,11,13H2,1H3,(H,20,24)(H,22,23). The molecular weight excluding hydrogens is 320 g/mol. The van der Waals surface area contributed by atoms with Gasteiger partial charge in [0.05, 0.1) is 0 Å². The first-order valence-corrected chi connectivity index (χ1v) is 8.93. The van der Waals surface area contributed by atoms with Crippen LogP contribution in [-0.4, -0.2) is 40.9 Å². The van der Waals surface area contributed by atoms with Crippen LogP contribution >= 0.6 is 0 Å². The highest BCUT2D eigenvalue weighted by molar-refractivity contribution is 5.98. The molecule has 0 bridgehead atoms. The Bertz CT molecular complexity index is 624. The number of hydrogen-bond donors (Lipinski definition) is 2. The smallest absolute Gasteiger partial charge is 0.323 e. The maximum absolute atomic E-state index is 12.6. The zero-order chi connectivity index (χ0) is 18.2. The number of hydrogen-bond acceptors (Lipinski definition) is 3. The first-order chi connectivity index (χ1) is 12.0. The fourth-order valence-corrected chi connectivity index (χ4v) is 3.21. The van der Waals surface area contributed by atoms with Crippen LogP contribution in [0.4, 0.5) is 5.69 Å². The molecule has 25 heavy (non-hydrogen) atoms. The average molecular weight is 346 g/mol. The molecule has 6 nitrogen and oxygen atoms in total. The van der Waals surface area contributed by atoms with Crippen LogP contribution in [0.1, 0.15) is 55.8 Å². The molecule has 0 spiro atoms. The molecule has 0 aromatic heterocycles. The van der Waals surface area contributed by atoms with Crippen molar-refractivity contribution >= 4 is 23.5 Å². The molecule has 0 atom stereocenters. The SMILES string of the molecule is CCCN(CC(=O)O)C(=O)c1cccc(NC(=O)C2CCCCC2)c1. The number of rotatable bonds is 7. The lowest BCUT2D eigenvalue weighted by Crippen LogP contribution is -2.36. The van der Waals surface area contributed by atoms with Crippen molar-refractivity contribution in [2.24, 2.45) is 5.92 Å². The normalized spacial score (nSPS) is 14.8. The number of carboxylic acids is 1. The molecule has 1 aromatic carbocycles. The van der Waals surface area contributed by atoms with E-state index in [4.69, 9.17) is 5.11 Å². The van der Waals surface area contributed by atoms with E-state index in [1.807, 2.05) is 6.92 Å². The summed E-state index contributed by atoms with van der Waals surface area (Å²) in [5.74, 6) is -1.33. The van der Waals surface area contributed by atoms with Crippen molar-refractivity contribution in [1.29, 1.82) is 0 Å². The third kappa shape index (κ3) is 5.59. The van der Waals surface area contributed by atoms with Gasteiger partial charge in [0, 0.05) is 23.7 Å². The molecule has 0 saturated heterocycles. The molecule has 1 aliphatic rings. The van der Waals surface area contributed by atoms with Gasteiger partial charge in [-0.25, -0.2) is 0 Å². The number of nitrogens with one attached hydrogen (secondary N) is 1. The van der Waals surface area contributed by atoms with E-state index in [0.717, 1.165) is 25.7 Å². The Labute approximate surface area is 148 Å². The zero-order valence-corrected chi connectivity index (χ0v) is 14.7. The summed E-state index contributed by atoms with van der Waals surface area (Å²) in [7, 11) is 0. The Morgan fingerprint density at radius 3 is 2.56 bits per heavy atom. The summed E-state index contributed by atoms with van der Waals surface area (Å²) in [5.41, 5.74) is 0.962. The van der Waals surface area contributed by atoms with Crippen LogP contribution in [0.3, 0.4) is 0 Å². The molecule has 1 saturated carbocycles. The van der Waals surface area contributed by atoms with Gasteiger partial charge in [0.2, 0.25) is 5.91 Å². The molecule has 0 unspecified atom stereocenters. The topological polar surface area (TPSA) is 86.7 Å². The highest BCUT2D eigenvalue weighted by atomic mass is 16.4. The number of carbonyl (C=O) groups excluding carboxylic acids is 2. The lowest BCUT2D eigenvalue weighted by Gasteiger charge is -2.22. The van der Waals surface area contributed by atoms with E-state index in [-0.39, 0.29) is 24.3 Å². The molecule has 1 fully saturated rings. The Morgan fingerprint density at radius 1 is 1.20 bits per heavy atom. The van der Waals surface area contributed by atoms with Gasteiger partial charge >= 0.3 is 5.97 Å². The Hall–Kier alpha value is -2.37. The predicted molar refractivity (Wildman–Crippen MR) is 95.5 cm³/mol. The summed E-state index contributed by atoms with van der Waals surface area (Å²) in [6, 6.07) is 6.71.